The summed E-state index contributed by atoms with van der Waals surface area (Å²) in [5.74, 6) is 0.903. The molecule has 2 nitrogen and oxygen atoms in total. The first kappa shape index (κ1) is 16.5. The molecule has 0 spiro atoms. The van der Waals surface area contributed by atoms with Gasteiger partial charge in [-0.3, -0.25) is 4.90 Å². The number of likely N-dealkylation sites (tertiary alicyclic amines) is 1. The molecule has 0 aliphatic carbocycles. The summed E-state index contributed by atoms with van der Waals surface area (Å²) >= 11 is 0. The summed E-state index contributed by atoms with van der Waals surface area (Å²) in [7, 11) is 0. The number of hydrogen-bond donors (Lipinski definition) is 1. The standard InChI is InChI=1S/C19H32N2/c1-16(2)20-12-10-18-8-4-5-9-19(18)15-21-13-6-7-17(3)11-14-21/h4-5,8-9,16-17,20H,6-7,10-15H2,1-3H3. The van der Waals surface area contributed by atoms with E-state index in [-0.39, 0.29) is 0 Å². The molecule has 0 saturated carbocycles. The Morgan fingerprint density at radius 3 is 2.67 bits per heavy atom. The lowest BCUT2D eigenvalue weighted by Crippen LogP contribution is -2.27. The number of hydrogen-bond acceptors (Lipinski definition) is 2. The monoisotopic (exact) mass is 288 g/mol. The van der Waals surface area contributed by atoms with Crippen molar-refractivity contribution in [3.8, 4) is 0 Å². The molecule has 1 aliphatic heterocycles. The van der Waals surface area contributed by atoms with Crippen LogP contribution in [0.4, 0.5) is 0 Å². The van der Waals surface area contributed by atoms with Gasteiger partial charge in [0, 0.05) is 12.6 Å². The average molecular weight is 288 g/mol. The van der Waals surface area contributed by atoms with E-state index in [0.717, 1.165) is 25.4 Å². The Balaban J connectivity index is 1.92. The lowest BCUT2D eigenvalue weighted by molar-refractivity contribution is 0.273. The molecule has 2 heteroatoms. The largest absolute Gasteiger partial charge is 0.314 e. The quantitative estimate of drug-likeness (QED) is 0.855. The smallest absolute Gasteiger partial charge is 0.0236 e. The van der Waals surface area contributed by atoms with E-state index >= 15 is 0 Å². The number of nitrogens with one attached hydrogen (secondary N) is 1. The summed E-state index contributed by atoms with van der Waals surface area (Å²) in [5, 5.41) is 3.53. The van der Waals surface area contributed by atoms with Crippen molar-refractivity contribution >= 4 is 0 Å². The third-order valence-corrected chi connectivity index (χ3v) is 4.57. The second-order valence-corrected chi connectivity index (χ2v) is 6.94. The van der Waals surface area contributed by atoms with Crippen molar-refractivity contribution in [2.24, 2.45) is 5.92 Å². The molecule has 0 aromatic heterocycles. The van der Waals surface area contributed by atoms with Crippen LogP contribution in [0, 0.1) is 5.92 Å². The molecule has 0 radical (unpaired) electrons. The van der Waals surface area contributed by atoms with Crippen molar-refractivity contribution in [3.05, 3.63) is 35.4 Å². The van der Waals surface area contributed by atoms with Crippen LogP contribution in [0.2, 0.25) is 0 Å². The molecule has 21 heavy (non-hydrogen) atoms. The molecule has 0 bridgehead atoms. The minimum absolute atomic E-state index is 0.573. The Hall–Kier alpha value is -0.860. The van der Waals surface area contributed by atoms with Crippen molar-refractivity contribution in [1.29, 1.82) is 0 Å². The van der Waals surface area contributed by atoms with Crippen LogP contribution >= 0.6 is 0 Å². The molecule has 118 valence electrons. The number of nitrogens with zero attached hydrogens (tertiary/aromatic N) is 1. The molecular formula is C19H32N2. The summed E-state index contributed by atoms with van der Waals surface area (Å²) < 4.78 is 0. The van der Waals surface area contributed by atoms with Crippen LogP contribution in [0.1, 0.15) is 51.2 Å². The summed E-state index contributed by atoms with van der Waals surface area (Å²) in [6.07, 6.45) is 5.25. The normalized spacial score (nSPS) is 20.7. The van der Waals surface area contributed by atoms with Crippen LogP contribution < -0.4 is 5.32 Å². The van der Waals surface area contributed by atoms with Crippen LogP contribution in [-0.2, 0) is 13.0 Å². The second kappa shape index (κ2) is 8.55. The van der Waals surface area contributed by atoms with E-state index in [9.17, 15) is 0 Å². The van der Waals surface area contributed by atoms with Gasteiger partial charge in [-0.15, -0.1) is 0 Å². The predicted octanol–water partition coefficient (Wildman–Crippen LogP) is 3.85. The molecule has 1 N–H and O–H groups in total. The van der Waals surface area contributed by atoms with Crippen molar-refractivity contribution < 1.29 is 0 Å². The highest BCUT2D eigenvalue weighted by molar-refractivity contribution is 5.27. The van der Waals surface area contributed by atoms with E-state index in [1.54, 1.807) is 0 Å². The molecule has 0 amide bonds. The van der Waals surface area contributed by atoms with Gasteiger partial charge in [0.2, 0.25) is 0 Å². The number of benzene rings is 1. The van der Waals surface area contributed by atoms with Gasteiger partial charge in [0.15, 0.2) is 0 Å². The zero-order valence-electron chi connectivity index (χ0n) is 14.1. The molecule has 1 saturated heterocycles. The van der Waals surface area contributed by atoms with E-state index in [0.29, 0.717) is 6.04 Å². The predicted molar refractivity (Wildman–Crippen MR) is 91.6 cm³/mol. The van der Waals surface area contributed by atoms with Gasteiger partial charge in [-0.1, -0.05) is 45.0 Å². The summed E-state index contributed by atoms with van der Waals surface area (Å²) in [6.45, 7) is 11.6. The first-order valence-corrected chi connectivity index (χ1v) is 8.67. The van der Waals surface area contributed by atoms with Crippen LogP contribution in [0.5, 0.6) is 0 Å². The van der Waals surface area contributed by atoms with Gasteiger partial charge in [0.25, 0.3) is 0 Å². The molecule has 1 unspecified atom stereocenters. The minimum atomic E-state index is 0.573. The molecule has 1 heterocycles. The van der Waals surface area contributed by atoms with Crippen LogP contribution in [0.15, 0.2) is 24.3 Å². The van der Waals surface area contributed by atoms with Crippen molar-refractivity contribution in [2.75, 3.05) is 19.6 Å². The molecule has 1 aliphatic rings. The van der Waals surface area contributed by atoms with Gasteiger partial charge in [-0.05, 0) is 62.4 Å². The van der Waals surface area contributed by atoms with Gasteiger partial charge in [-0.25, -0.2) is 0 Å². The topological polar surface area (TPSA) is 15.3 Å². The van der Waals surface area contributed by atoms with E-state index in [1.807, 2.05) is 0 Å². The third kappa shape index (κ3) is 5.80. The fraction of sp³-hybridized carbons (Fsp3) is 0.684. The SMILES string of the molecule is CC1CCCN(Cc2ccccc2CCNC(C)C)CC1. The first-order valence-electron chi connectivity index (χ1n) is 8.67. The zero-order chi connectivity index (χ0) is 15.1. The Morgan fingerprint density at radius 1 is 1.14 bits per heavy atom. The Bertz CT molecular complexity index is 414. The van der Waals surface area contributed by atoms with Crippen molar-refractivity contribution in [2.45, 2.75) is 59.0 Å². The lowest BCUT2D eigenvalue weighted by Gasteiger charge is -2.22. The summed E-state index contributed by atoms with van der Waals surface area (Å²) in [4.78, 5) is 2.65. The Kier molecular flexibility index (Phi) is 6.72. The van der Waals surface area contributed by atoms with Crippen molar-refractivity contribution in [1.82, 2.24) is 10.2 Å². The second-order valence-electron chi connectivity index (χ2n) is 6.94. The summed E-state index contributed by atoms with van der Waals surface area (Å²) in [6, 6.07) is 9.56. The van der Waals surface area contributed by atoms with E-state index < -0.39 is 0 Å². The highest BCUT2D eigenvalue weighted by Gasteiger charge is 2.14. The van der Waals surface area contributed by atoms with E-state index in [4.69, 9.17) is 0 Å². The van der Waals surface area contributed by atoms with Crippen LogP contribution in [-0.4, -0.2) is 30.6 Å². The highest BCUT2D eigenvalue weighted by atomic mass is 15.1. The molecule has 1 atom stereocenters. The Morgan fingerprint density at radius 2 is 1.90 bits per heavy atom. The molecular weight excluding hydrogens is 256 g/mol. The number of rotatable bonds is 6. The van der Waals surface area contributed by atoms with E-state index in [1.165, 1.54) is 43.5 Å². The van der Waals surface area contributed by atoms with Crippen molar-refractivity contribution in [3.63, 3.8) is 0 Å². The van der Waals surface area contributed by atoms with Gasteiger partial charge in [0.1, 0.15) is 0 Å². The molecule has 1 fully saturated rings. The molecule has 1 aromatic carbocycles. The summed E-state index contributed by atoms with van der Waals surface area (Å²) in [5.41, 5.74) is 3.04. The maximum absolute atomic E-state index is 3.53. The lowest BCUT2D eigenvalue weighted by atomic mass is 10.0. The average Bonchev–Trinajstić information content (AvgIpc) is 2.65. The van der Waals surface area contributed by atoms with E-state index in [2.05, 4.69) is 55.3 Å². The maximum Gasteiger partial charge on any atom is 0.0236 e. The third-order valence-electron chi connectivity index (χ3n) is 4.57. The van der Waals surface area contributed by atoms with Crippen LogP contribution in [0.3, 0.4) is 0 Å². The first-order chi connectivity index (χ1) is 10.1. The van der Waals surface area contributed by atoms with Gasteiger partial charge in [0.05, 0.1) is 0 Å². The minimum Gasteiger partial charge on any atom is -0.314 e. The van der Waals surface area contributed by atoms with Gasteiger partial charge in [-0.2, -0.15) is 0 Å². The molecule has 2 rings (SSSR count). The highest BCUT2D eigenvalue weighted by Crippen LogP contribution is 2.19. The fourth-order valence-electron chi connectivity index (χ4n) is 3.17. The van der Waals surface area contributed by atoms with Crippen LogP contribution in [0.25, 0.3) is 0 Å². The molecule has 1 aromatic rings. The zero-order valence-corrected chi connectivity index (χ0v) is 14.1. The maximum atomic E-state index is 3.53. The fourth-order valence-corrected chi connectivity index (χ4v) is 3.17. The Labute approximate surface area is 130 Å². The van der Waals surface area contributed by atoms with Gasteiger partial charge >= 0.3 is 0 Å². The van der Waals surface area contributed by atoms with Gasteiger partial charge < -0.3 is 5.32 Å².